The van der Waals surface area contributed by atoms with Crippen LogP contribution < -0.4 is 4.72 Å². The van der Waals surface area contributed by atoms with Gasteiger partial charge in [0.15, 0.2) is 6.10 Å². The van der Waals surface area contributed by atoms with Crippen LogP contribution in [0.15, 0.2) is 47.4 Å². The van der Waals surface area contributed by atoms with Gasteiger partial charge in [-0.1, -0.05) is 11.6 Å². The lowest BCUT2D eigenvalue weighted by atomic mass is 10.1. The first-order valence-electron chi connectivity index (χ1n) is 8.77. The molecule has 0 saturated carbocycles. The molecule has 0 saturated heterocycles. The third-order valence-corrected chi connectivity index (χ3v) is 6.95. The Morgan fingerprint density at radius 2 is 1.55 bits per heavy atom. The SMILES string of the molecule is CC(OC(=O)c1ccc(Cl)c(S(=O)(=O)N(C)C)c1)C(=O)c1ccc(NS(C)(=O)=O)cc1. The summed E-state index contributed by atoms with van der Waals surface area (Å²) >= 11 is 5.96. The number of hydrogen-bond donors (Lipinski definition) is 1. The van der Waals surface area contributed by atoms with Crippen LogP contribution in [0.2, 0.25) is 5.02 Å². The summed E-state index contributed by atoms with van der Waals surface area (Å²) < 4.78 is 55.6. The monoisotopic (exact) mass is 488 g/mol. The van der Waals surface area contributed by atoms with Crippen LogP contribution in [0.4, 0.5) is 5.69 Å². The Balaban J connectivity index is 2.18. The molecule has 0 fully saturated rings. The zero-order chi connectivity index (χ0) is 23.6. The van der Waals surface area contributed by atoms with E-state index in [1.165, 1.54) is 57.4 Å². The van der Waals surface area contributed by atoms with Gasteiger partial charge in [-0.25, -0.2) is 25.9 Å². The normalized spacial score (nSPS) is 13.0. The minimum Gasteiger partial charge on any atom is -0.451 e. The number of rotatable bonds is 8. The van der Waals surface area contributed by atoms with Crippen LogP contribution in [0.25, 0.3) is 0 Å². The smallest absolute Gasteiger partial charge is 0.338 e. The van der Waals surface area contributed by atoms with Crippen LogP contribution in [-0.4, -0.2) is 59.3 Å². The summed E-state index contributed by atoms with van der Waals surface area (Å²) in [7, 11) is -4.69. The molecule has 2 aromatic rings. The van der Waals surface area contributed by atoms with E-state index in [9.17, 15) is 26.4 Å². The average Bonchev–Trinajstić information content (AvgIpc) is 2.66. The third kappa shape index (κ3) is 6.26. The van der Waals surface area contributed by atoms with Crippen molar-refractivity contribution in [2.75, 3.05) is 25.1 Å². The molecule has 1 unspecified atom stereocenters. The molecule has 31 heavy (non-hydrogen) atoms. The van der Waals surface area contributed by atoms with Gasteiger partial charge in [0.05, 0.1) is 16.8 Å². The fourth-order valence-electron chi connectivity index (χ4n) is 2.46. The molecule has 0 aliphatic heterocycles. The Morgan fingerprint density at radius 3 is 2.06 bits per heavy atom. The minimum absolute atomic E-state index is 0.0582. The van der Waals surface area contributed by atoms with E-state index in [1.807, 2.05) is 0 Å². The Morgan fingerprint density at radius 1 is 1.00 bits per heavy atom. The largest absolute Gasteiger partial charge is 0.451 e. The number of ether oxygens (including phenoxy) is 1. The van der Waals surface area contributed by atoms with Crippen molar-refractivity contribution in [3.8, 4) is 0 Å². The van der Waals surface area contributed by atoms with Crippen molar-refractivity contribution in [3.63, 3.8) is 0 Å². The maximum Gasteiger partial charge on any atom is 0.338 e. The molecule has 2 aromatic carbocycles. The van der Waals surface area contributed by atoms with Gasteiger partial charge in [-0.2, -0.15) is 0 Å². The fraction of sp³-hybridized carbons (Fsp3) is 0.263. The Kier molecular flexibility index (Phi) is 7.48. The Labute approximate surface area is 186 Å². The Bertz CT molecular complexity index is 1210. The molecule has 0 amide bonds. The molecular formula is C19H21ClN2O7S2. The highest BCUT2D eigenvalue weighted by atomic mass is 35.5. The van der Waals surface area contributed by atoms with E-state index < -0.39 is 37.9 Å². The number of halogens is 1. The second-order valence-electron chi connectivity index (χ2n) is 6.80. The summed E-state index contributed by atoms with van der Waals surface area (Å²) in [6, 6.07) is 9.23. The van der Waals surface area contributed by atoms with Gasteiger partial charge in [0, 0.05) is 25.3 Å². The van der Waals surface area contributed by atoms with Crippen molar-refractivity contribution < 1.29 is 31.2 Å². The van der Waals surface area contributed by atoms with E-state index in [1.54, 1.807) is 0 Å². The van der Waals surface area contributed by atoms with Crippen molar-refractivity contribution in [1.82, 2.24) is 4.31 Å². The lowest BCUT2D eigenvalue weighted by Crippen LogP contribution is -2.25. The van der Waals surface area contributed by atoms with Gasteiger partial charge >= 0.3 is 5.97 Å². The van der Waals surface area contributed by atoms with E-state index >= 15 is 0 Å². The average molecular weight is 489 g/mol. The minimum atomic E-state index is -3.89. The van der Waals surface area contributed by atoms with E-state index in [0.717, 1.165) is 16.6 Å². The summed E-state index contributed by atoms with van der Waals surface area (Å²) in [5.74, 6) is -1.42. The first-order valence-corrected chi connectivity index (χ1v) is 12.5. The number of carbonyl (C=O) groups excluding carboxylic acids is 2. The van der Waals surface area contributed by atoms with Crippen molar-refractivity contribution in [2.45, 2.75) is 17.9 Å². The molecule has 168 valence electrons. The maximum absolute atomic E-state index is 12.5. The number of nitrogens with zero attached hydrogens (tertiary/aromatic N) is 1. The second kappa shape index (κ2) is 9.35. The van der Waals surface area contributed by atoms with Crippen molar-refractivity contribution >= 4 is 49.1 Å². The van der Waals surface area contributed by atoms with Crippen molar-refractivity contribution in [1.29, 1.82) is 0 Å². The van der Waals surface area contributed by atoms with Gasteiger partial charge in [0.1, 0.15) is 4.90 Å². The molecule has 0 heterocycles. The van der Waals surface area contributed by atoms with Gasteiger partial charge in [0.25, 0.3) is 0 Å². The van der Waals surface area contributed by atoms with E-state index in [4.69, 9.17) is 16.3 Å². The van der Waals surface area contributed by atoms with E-state index in [-0.39, 0.29) is 26.7 Å². The van der Waals surface area contributed by atoms with E-state index in [0.29, 0.717) is 0 Å². The quantitative estimate of drug-likeness (QED) is 0.446. The summed E-state index contributed by atoms with van der Waals surface area (Å²) in [4.78, 5) is 24.7. The van der Waals surface area contributed by atoms with Crippen LogP contribution in [0, 0.1) is 0 Å². The van der Waals surface area contributed by atoms with Crippen LogP contribution in [0.5, 0.6) is 0 Å². The van der Waals surface area contributed by atoms with Crippen LogP contribution >= 0.6 is 11.6 Å². The first-order chi connectivity index (χ1) is 14.2. The molecule has 0 aliphatic carbocycles. The number of sulfonamides is 2. The number of nitrogens with one attached hydrogen (secondary N) is 1. The standard InChI is InChI=1S/C19H21ClN2O7S2/c1-12(18(23)13-5-8-15(9-6-13)21-30(4,25)26)29-19(24)14-7-10-16(20)17(11-14)31(27,28)22(2)3/h5-12,21H,1-4H3. The lowest BCUT2D eigenvalue weighted by Gasteiger charge is -2.15. The fourth-order valence-corrected chi connectivity index (χ4v) is 4.42. The number of benzene rings is 2. The van der Waals surface area contributed by atoms with Crippen LogP contribution in [-0.2, 0) is 24.8 Å². The molecule has 12 heteroatoms. The number of esters is 1. The summed E-state index contributed by atoms with van der Waals surface area (Å²) in [5.41, 5.74) is 0.392. The molecule has 2 rings (SSSR count). The van der Waals surface area contributed by atoms with E-state index in [2.05, 4.69) is 4.72 Å². The van der Waals surface area contributed by atoms with Crippen molar-refractivity contribution in [3.05, 3.63) is 58.6 Å². The van der Waals surface area contributed by atoms with Gasteiger partial charge < -0.3 is 4.74 Å². The number of ketones is 1. The predicted molar refractivity (Wildman–Crippen MR) is 116 cm³/mol. The molecule has 0 aromatic heterocycles. The van der Waals surface area contributed by atoms with Crippen LogP contribution in [0.3, 0.4) is 0 Å². The number of anilines is 1. The second-order valence-corrected chi connectivity index (χ2v) is 11.1. The highest BCUT2D eigenvalue weighted by Crippen LogP contribution is 2.25. The molecule has 9 nitrogen and oxygen atoms in total. The number of carbonyl (C=O) groups is 2. The van der Waals surface area contributed by atoms with Crippen molar-refractivity contribution in [2.24, 2.45) is 0 Å². The molecule has 0 radical (unpaired) electrons. The number of hydrogen-bond acceptors (Lipinski definition) is 7. The topological polar surface area (TPSA) is 127 Å². The highest BCUT2D eigenvalue weighted by molar-refractivity contribution is 7.92. The summed E-state index contributed by atoms with van der Waals surface area (Å²) in [6.45, 7) is 1.37. The third-order valence-electron chi connectivity index (χ3n) is 4.05. The molecule has 1 atom stereocenters. The molecular weight excluding hydrogens is 468 g/mol. The summed E-state index contributed by atoms with van der Waals surface area (Å²) in [5, 5.41) is -0.0582. The van der Waals surface area contributed by atoms with Gasteiger partial charge in [-0.05, 0) is 49.4 Å². The molecule has 1 N–H and O–H groups in total. The van der Waals surface area contributed by atoms with Gasteiger partial charge in [-0.3, -0.25) is 9.52 Å². The molecule has 0 aliphatic rings. The predicted octanol–water partition coefficient (Wildman–Crippen LogP) is 2.39. The highest BCUT2D eigenvalue weighted by Gasteiger charge is 2.25. The first kappa shape index (κ1) is 24.8. The molecule has 0 spiro atoms. The zero-order valence-corrected chi connectivity index (χ0v) is 19.5. The van der Waals surface area contributed by atoms with Crippen LogP contribution in [0.1, 0.15) is 27.6 Å². The van der Waals surface area contributed by atoms with Gasteiger partial charge in [-0.15, -0.1) is 0 Å². The zero-order valence-electron chi connectivity index (χ0n) is 17.1. The number of Topliss-reactive ketones (excluding diaryl/α,β-unsaturated/α-hetero) is 1. The summed E-state index contributed by atoms with van der Waals surface area (Å²) in [6.07, 6.45) is -0.176. The Hall–Kier alpha value is -2.47. The molecule has 0 bridgehead atoms. The maximum atomic E-state index is 12.5. The van der Waals surface area contributed by atoms with Gasteiger partial charge in [0.2, 0.25) is 25.8 Å². The lowest BCUT2D eigenvalue weighted by molar-refractivity contribution is 0.0318.